The first-order valence-electron chi connectivity index (χ1n) is 3.92. The lowest BCUT2D eigenvalue weighted by molar-refractivity contribution is 0.472. The van der Waals surface area contributed by atoms with Crippen molar-refractivity contribution in [2.24, 2.45) is 0 Å². The second kappa shape index (κ2) is 2.90. The summed E-state index contributed by atoms with van der Waals surface area (Å²) in [6.45, 7) is 1.89. The normalized spacial score (nSPS) is 10.2. The number of hydrogen-bond donors (Lipinski definition) is 1. The predicted octanol–water partition coefficient (Wildman–Crippen LogP) is 1.28. The molecule has 4 heteroatoms. The summed E-state index contributed by atoms with van der Waals surface area (Å²) in [4.78, 5) is 7.96. The van der Waals surface area contributed by atoms with Gasteiger partial charge in [0.15, 0.2) is 0 Å². The molecule has 4 nitrogen and oxygen atoms in total. The van der Waals surface area contributed by atoms with Gasteiger partial charge in [-0.05, 0) is 6.92 Å². The first-order chi connectivity index (χ1) is 6.27. The van der Waals surface area contributed by atoms with Crippen molar-refractivity contribution in [1.82, 2.24) is 14.5 Å². The first-order valence-corrected chi connectivity index (χ1v) is 3.92. The Labute approximate surface area is 75.5 Å². The highest BCUT2D eigenvalue weighted by Gasteiger charge is 2.00. The number of nitrogens with zero attached hydrogens (tertiary/aromatic N) is 3. The number of rotatable bonds is 1. The molecule has 0 fully saturated rings. The van der Waals surface area contributed by atoms with Crippen molar-refractivity contribution in [2.75, 3.05) is 0 Å². The minimum atomic E-state index is 0.158. The van der Waals surface area contributed by atoms with Crippen LogP contribution in [0.2, 0.25) is 0 Å². The summed E-state index contributed by atoms with van der Waals surface area (Å²) in [5.74, 6) is 1.03. The van der Waals surface area contributed by atoms with Gasteiger partial charge in [0.05, 0.1) is 18.1 Å². The smallest absolute Gasteiger partial charge is 0.135 e. The molecule has 0 amide bonds. The highest BCUT2D eigenvalue weighted by Crippen LogP contribution is 2.13. The van der Waals surface area contributed by atoms with Crippen LogP contribution in [0.15, 0.2) is 30.9 Å². The van der Waals surface area contributed by atoms with Gasteiger partial charge in [-0.3, -0.25) is 4.98 Å². The van der Waals surface area contributed by atoms with Gasteiger partial charge in [0.1, 0.15) is 11.6 Å². The summed E-state index contributed by atoms with van der Waals surface area (Å²) in [6.07, 6.45) is 6.61. The van der Waals surface area contributed by atoms with E-state index in [1.165, 1.54) is 6.20 Å². The minimum absolute atomic E-state index is 0.158. The minimum Gasteiger partial charge on any atom is -0.506 e. The van der Waals surface area contributed by atoms with E-state index in [1.54, 1.807) is 18.5 Å². The van der Waals surface area contributed by atoms with E-state index < -0.39 is 0 Å². The zero-order valence-electron chi connectivity index (χ0n) is 7.18. The van der Waals surface area contributed by atoms with Crippen molar-refractivity contribution >= 4 is 0 Å². The molecule has 2 aromatic heterocycles. The Kier molecular flexibility index (Phi) is 1.73. The van der Waals surface area contributed by atoms with Crippen LogP contribution in [0.25, 0.3) is 5.69 Å². The lowest BCUT2D eigenvalue weighted by atomic mass is 10.4. The molecule has 66 valence electrons. The quantitative estimate of drug-likeness (QED) is 0.710. The molecule has 0 saturated heterocycles. The standard InChI is InChI=1S/C9H9N3O/c1-7-11-2-3-12(7)8-4-9(13)6-10-5-8/h2-6,13H,1H3. The van der Waals surface area contributed by atoms with Crippen LogP contribution in [0.5, 0.6) is 5.75 Å². The van der Waals surface area contributed by atoms with E-state index in [-0.39, 0.29) is 5.75 Å². The molecular formula is C9H9N3O. The zero-order chi connectivity index (χ0) is 9.26. The van der Waals surface area contributed by atoms with Gasteiger partial charge in [0.2, 0.25) is 0 Å². The number of pyridine rings is 1. The highest BCUT2D eigenvalue weighted by atomic mass is 16.3. The number of hydrogen-bond acceptors (Lipinski definition) is 3. The van der Waals surface area contributed by atoms with Crippen LogP contribution in [0, 0.1) is 6.92 Å². The van der Waals surface area contributed by atoms with Gasteiger partial charge in [0, 0.05) is 18.5 Å². The zero-order valence-corrected chi connectivity index (χ0v) is 7.18. The van der Waals surface area contributed by atoms with Gasteiger partial charge >= 0.3 is 0 Å². The number of aryl methyl sites for hydroxylation is 1. The molecule has 1 N–H and O–H groups in total. The fourth-order valence-corrected chi connectivity index (χ4v) is 1.20. The Morgan fingerprint density at radius 2 is 2.23 bits per heavy atom. The van der Waals surface area contributed by atoms with E-state index in [9.17, 15) is 5.11 Å². The summed E-state index contributed by atoms with van der Waals surface area (Å²) in [7, 11) is 0. The van der Waals surface area contributed by atoms with Crippen LogP contribution in [-0.2, 0) is 0 Å². The Morgan fingerprint density at radius 1 is 1.38 bits per heavy atom. The number of aromatic nitrogens is 3. The summed E-state index contributed by atoms with van der Waals surface area (Å²) in [5.41, 5.74) is 0.815. The topological polar surface area (TPSA) is 50.9 Å². The third-order valence-corrected chi connectivity index (χ3v) is 1.81. The SMILES string of the molecule is Cc1nccn1-c1cncc(O)c1. The molecule has 0 unspecified atom stereocenters. The Hall–Kier alpha value is -1.84. The van der Waals surface area contributed by atoms with E-state index in [2.05, 4.69) is 9.97 Å². The molecule has 0 saturated carbocycles. The molecule has 0 bridgehead atoms. The third kappa shape index (κ3) is 1.38. The fraction of sp³-hybridized carbons (Fsp3) is 0.111. The summed E-state index contributed by atoms with van der Waals surface area (Å²) in [6, 6.07) is 1.64. The molecule has 2 heterocycles. The molecule has 0 aliphatic rings. The highest BCUT2D eigenvalue weighted by molar-refractivity contribution is 5.35. The van der Waals surface area contributed by atoms with Gasteiger partial charge in [-0.15, -0.1) is 0 Å². The van der Waals surface area contributed by atoms with E-state index >= 15 is 0 Å². The van der Waals surface area contributed by atoms with Gasteiger partial charge in [-0.1, -0.05) is 0 Å². The largest absolute Gasteiger partial charge is 0.506 e. The summed E-state index contributed by atoms with van der Waals surface area (Å²) in [5, 5.41) is 9.21. The Morgan fingerprint density at radius 3 is 2.85 bits per heavy atom. The maximum absolute atomic E-state index is 9.21. The molecule has 13 heavy (non-hydrogen) atoms. The average molecular weight is 175 g/mol. The molecule has 0 radical (unpaired) electrons. The van der Waals surface area contributed by atoms with Crippen LogP contribution in [0.1, 0.15) is 5.82 Å². The van der Waals surface area contributed by atoms with Gasteiger partial charge < -0.3 is 9.67 Å². The first kappa shape index (κ1) is 7.79. The fourth-order valence-electron chi connectivity index (χ4n) is 1.20. The van der Waals surface area contributed by atoms with E-state index in [0.29, 0.717) is 0 Å². The van der Waals surface area contributed by atoms with Crippen molar-refractivity contribution in [2.45, 2.75) is 6.92 Å². The van der Waals surface area contributed by atoms with E-state index in [1.807, 2.05) is 17.7 Å². The Balaban J connectivity index is 2.53. The summed E-state index contributed by atoms with van der Waals surface area (Å²) < 4.78 is 1.85. The van der Waals surface area contributed by atoms with Gasteiger partial charge in [0.25, 0.3) is 0 Å². The molecule has 0 spiro atoms. The second-order valence-corrected chi connectivity index (χ2v) is 2.75. The Bertz CT molecular complexity index is 422. The maximum Gasteiger partial charge on any atom is 0.135 e. The van der Waals surface area contributed by atoms with E-state index in [4.69, 9.17) is 0 Å². The van der Waals surface area contributed by atoms with Gasteiger partial charge in [-0.2, -0.15) is 0 Å². The van der Waals surface area contributed by atoms with Crippen LogP contribution in [0.3, 0.4) is 0 Å². The van der Waals surface area contributed by atoms with Crippen LogP contribution >= 0.6 is 0 Å². The van der Waals surface area contributed by atoms with Crippen molar-refractivity contribution < 1.29 is 5.11 Å². The van der Waals surface area contributed by atoms with Crippen LogP contribution in [-0.4, -0.2) is 19.6 Å². The maximum atomic E-state index is 9.21. The molecule has 0 aliphatic heterocycles. The third-order valence-electron chi connectivity index (χ3n) is 1.81. The monoisotopic (exact) mass is 175 g/mol. The number of aromatic hydroxyl groups is 1. The molecule has 2 rings (SSSR count). The lowest BCUT2D eigenvalue weighted by Gasteiger charge is -2.03. The van der Waals surface area contributed by atoms with Gasteiger partial charge in [-0.25, -0.2) is 4.98 Å². The molecule has 0 aromatic carbocycles. The lowest BCUT2D eigenvalue weighted by Crippen LogP contribution is -1.95. The van der Waals surface area contributed by atoms with Crippen molar-refractivity contribution in [3.63, 3.8) is 0 Å². The number of imidazole rings is 1. The van der Waals surface area contributed by atoms with Crippen molar-refractivity contribution in [3.05, 3.63) is 36.7 Å². The molecule has 0 atom stereocenters. The van der Waals surface area contributed by atoms with Crippen LogP contribution in [0.4, 0.5) is 0 Å². The molecule has 2 aromatic rings. The predicted molar refractivity (Wildman–Crippen MR) is 47.8 cm³/mol. The molecule has 0 aliphatic carbocycles. The van der Waals surface area contributed by atoms with Crippen molar-refractivity contribution in [3.8, 4) is 11.4 Å². The van der Waals surface area contributed by atoms with Crippen molar-refractivity contribution in [1.29, 1.82) is 0 Å². The van der Waals surface area contributed by atoms with Crippen LogP contribution < -0.4 is 0 Å². The molecular weight excluding hydrogens is 166 g/mol. The van der Waals surface area contributed by atoms with E-state index in [0.717, 1.165) is 11.5 Å². The average Bonchev–Trinajstić information content (AvgIpc) is 2.51. The second-order valence-electron chi connectivity index (χ2n) is 2.75. The summed E-state index contributed by atoms with van der Waals surface area (Å²) >= 11 is 0.